The molecule has 2 N–H and O–H groups in total. The maximum Gasteiger partial charge on any atom is 0.434 e. The fourth-order valence-corrected chi connectivity index (χ4v) is 2.65. The average molecular weight is 330 g/mol. The van der Waals surface area contributed by atoms with Gasteiger partial charge in [0.1, 0.15) is 5.01 Å². The molecule has 0 bridgehead atoms. The lowest BCUT2D eigenvalue weighted by atomic mass is 9.99. The van der Waals surface area contributed by atoms with E-state index in [4.69, 9.17) is 0 Å². The zero-order chi connectivity index (χ0) is 13.9. The summed E-state index contributed by atoms with van der Waals surface area (Å²) in [5, 5.41) is 6.98. The summed E-state index contributed by atoms with van der Waals surface area (Å²) >= 11 is 0.904. The quantitative estimate of drug-likeness (QED) is 0.894. The number of carbonyl (C=O) groups excluding carboxylic acids is 1. The van der Waals surface area contributed by atoms with Crippen molar-refractivity contribution in [1.82, 2.24) is 15.6 Å². The molecule has 0 aromatic carbocycles. The van der Waals surface area contributed by atoms with Gasteiger partial charge in [0.2, 0.25) is 5.91 Å². The van der Waals surface area contributed by atoms with Crippen LogP contribution in [0.15, 0.2) is 5.38 Å². The molecule has 114 valence electrons. The van der Waals surface area contributed by atoms with Crippen molar-refractivity contribution < 1.29 is 18.0 Å². The summed E-state index contributed by atoms with van der Waals surface area (Å²) in [5.74, 6) is -0.230. The topological polar surface area (TPSA) is 54.0 Å². The first kappa shape index (κ1) is 17.2. The van der Waals surface area contributed by atoms with Crippen molar-refractivity contribution in [3.63, 3.8) is 0 Å². The Hall–Kier alpha value is -0.860. The summed E-state index contributed by atoms with van der Waals surface area (Å²) in [6, 6.07) is 0. The van der Waals surface area contributed by atoms with Crippen LogP contribution < -0.4 is 10.6 Å². The molecular weight excluding hydrogens is 315 g/mol. The minimum atomic E-state index is -4.42. The maximum atomic E-state index is 12.3. The highest BCUT2D eigenvalue weighted by Crippen LogP contribution is 2.29. The van der Waals surface area contributed by atoms with Crippen LogP contribution in [-0.4, -0.2) is 24.0 Å². The van der Waals surface area contributed by atoms with E-state index in [2.05, 4.69) is 15.6 Å². The molecule has 2 heterocycles. The second kappa shape index (κ2) is 7.24. The summed E-state index contributed by atoms with van der Waals surface area (Å²) in [7, 11) is 0. The maximum absolute atomic E-state index is 12.3. The predicted octanol–water partition coefficient (Wildman–Crippen LogP) is 2.20. The molecule has 1 amide bonds. The number of piperidine rings is 1. The number of halogens is 4. The van der Waals surface area contributed by atoms with Gasteiger partial charge in [-0.1, -0.05) is 0 Å². The van der Waals surface area contributed by atoms with Crippen LogP contribution in [-0.2, 0) is 17.5 Å². The lowest BCUT2D eigenvalue weighted by Gasteiger charge is -2.21. The van der Waals surface area contributed by atoms with Crippen molar-refractivity contribution in [2.75, 3.05) is 13.1 Å². The third-order valence-electron chi connectivity index (χ3n) is 2.92. The molecule has 1 aromatic heterocycles. The van der Waals surface area contributed by atoms with Gasteiger partial charge in [0.25, 0.3) is 0 Å². The first-order chi connectivity index (χ1) is 8.97. The molecule has 1 aromatic rings. The number of thiazole rings is 1. The van der Waals surface area contributed by atoms with Gasteiger partial charge in [-0.3, -0.25) is 4.79 Å². The van der Waals surface area contributed by atoms with E-state index in [1.54, 1.807) is 0 Å². The minimum absolute atomic E-state index is 0. The molecule has 0 spiro atoms. The molecule has 4 nitrogen and oxygen atoms in total. The number of hydrogen-bond acceptors (Lipinski definition) is 4. The Morgan fingerprint density at radius 2 is 2.30 bits per heavy atom. The molecular formula is C11H15ClF3N3OS. The SMILES string of the molecule is Cl.O=C(NCc1nc(C(F)(F)F)cs1)C1CCCNC1. The number of carbonyl (C=O) groups is 1. The van der Waals surface area contributed by atoms with Crippen LogP contribution in [0.3, 0.4) is 0 Å². The zero-order valence-corrected chi connectivity index (χ0v) is 12.1. The summed E-state index contributed by atoms with van der Waals surface area (Å²) < 4.78 is 37.0. The fraction of sp³-hybridized carbons (Fsp3) is 0.636. The van der Waals surface area contributed by atoms with Crippen LogP contribution in [0.5, 0.6) is 0 Å². The number of rotatable bonds is 3. The van der Waals surface area contributed by atoms with Crippen molar-refractivity contribution >= 4 is 29.7 Å². The molecule has 1 atom stereocenters. The van der Waals surface area contributed by atoms with Crippen molar-refractivity contribution in [3.8, 4) is 0 Å². The average Bonchev–Trinajstić information content (AvgIpc) is 2.86. The van der Waals surface area contributed by atoms with E-state index in [0.717, 1.165) is 36.1 Å². The first-order valence-corrected chi connectivity index (χ1v) is 6.85. The molecule has 1 aliphatic rings. The van der Waals surface area contributed by atoms with Crippen molar-refractivity contribution in [2.45, 2.75) is 25.6 Å². The highest BCUT2D eigenvalue weighted by Gasteiger charge is 2.33. The zero-order valence-electron chi connectivity index (χ0n) is 10.5. The van der Waals surface area contributed by atoms with Gasteiger partial charge in [0.15, 0.2) is 5.69 Å². The normalized spacial score (nSPS) is 19.2. The van der Waals surface area contributed by atoms with Crippen molar-refractivity contribution in [2.24, 2.45) is 5.92 Å². The first-order valence-electron chi connectivity index (χ1n) is 5.97. The number of amides is 1. The van der Waals surface area contributed by atoms with Crippen LogP contribution in [0.2, 0.25) is 0 Å². The Morgan fingerprint density at radius 1 is 1.55 bits per heavy atom. The Kier molecular flexibility index (Phi) is 6.22. The summed E-state index contributed by atoms with van der Waals surface area (Å²) in [5.41, 5.74) is -0.902. The molecule has 2 rings (SSSR count). The molecule has 1 unspecified atom stereocenters. The number of aromatic nitrogens is 1. The van der Waals surface area contributed by atoms with Gasteiger partial charge in [0, 0.05) is 11.9 Å². The van der Waals surface area contributed by atoms with Crippen molar-refractivity contribution in [1.29, 1.82) is 0 Å². The monoisotopic (exact) mass is 329 g/mol. The third-order valence-corrected chi connectivity index (χ3v) is 3.77. The minimum Gasteiger partial charge on any atom is -0.349 e. The Morgan fingerprint density at radius 3 is 2.85 bits per heavy atom. The third kappa shape index (κ3) is 4.60. The van der Waals surface area contributed by atoms with Gasteiger partial charge in [-0.15, -0.1) is 23.7 Å². The van der Waals surface area contributed by atoms with E-state index in [9.17, 15) is 18.0 Å². The van der Waals surface area contributed by atoms with Gasteiger partial charge >= 0.3 is 6.18 Å². The molecule has 0 saturated carbocycles. The number of hydrogen-bond donors (Lipinski definition) is 2. The number of nitrogens with zero attached hydrogens (tertiary/aromatic N) is 1. The highest BCUT2D eigenvalue weighted by molar-refractivity contribution is 7.09. The fourth-order valence-electron chi connectivity index (χ4n) is 1.90. The van der Waals surface area contributed by atoms with Crippen LogP contribution in [0.25, 0.3) is 0 Å². The molecule has 1 aliphatic heterocycles. The van der Waals surface area contributed by atoms with Crippen LogP contribution in [0, 0.1) is 5.92 Å². The van der Waals surface area contributed by atoms with E-state index < -0.39 is 11.9 Å². The largest absolute Gasteiger partial charge is 0.434 e. The lowest BCUT2D eigenvalue weighted by Crippen LogP contribution is -2.40. The van der Waals surface area contributed by atoms with Crippen LogP contribution in [0.4, 0.5) is 13.2 Å². The Labute approximate surface area is 124 Å². The van der Waals surface area contributed by atoms with Crippen LogP contribution in [0.1, 0.15) is 23.5 Å². The van der Waals surface area contributed by atoms with E-state index in [-0.39, 0.29) is 35.8 Å². The van der Waals surface area contributed by atoms with Crippen molar-refractivity contribution in [3.05, 3.63) is 16.1 Å². The molecule has 1 fully saturated rings. The van der Waals surface area contributed by atoms with E-state index in [1.807, 2.05) is 0 Å². The summed E-state index contributed by atoms with van der Waals surface area (Å²) in [6.07, 6.45) is -2.68. The van der Waals surface area contributed by atoms with Gasteiger partial charge in [-0.2, -0.15) is 13.2 Å². The predicted molar refractivity (Wildman–Crippen MR) is 71.8 cm³/mol. The van der Waals surface area contributed by atoms with Gasteiger partial charge in [-0.05, 0) is 19.4 Å². The standard InChI is InChI=1S/C11H14F3N3OS.ClH/c12-11(13,14)8-6-19-9(17-8)5-16-10(18)7-2-1-3-15-4-7;/h6-7,15H,1-5H2,(H,16,18);1H. The van der Waals surface area contributed by atoms with Gasteiger partial charge in [0.05, 0.1) is 12.5 Å². The smallest absolute Gasteiger partial charge is 0.349 e. The van der Waals surface area contributed by atoms with E-state index >= 15 is 0 Å². The lowest BCUT2D eigenvalue weighted by molar-refractivity contribution is -0.140. The van der Waals surface area contributed by atoms with Gasteiger partial charge < -0.3 is 10.6 Å². The molecule has 0 radical (unpaired) electrons. The summed E-state index contributed by atoms with van der Waals surface area (Å²) in [4.78, 5) is 15.2. The molecule has 20 heavy (non-hydrogen) atoms. The molecule has 0 aliphatic carbocycles. The summed E-state index contributed by atoms with van der Waals surface area (Å²) in [6.45, 7) is 1.58. The number of nitrogens with one attached hydrogen (secondary N) is 2. The Bertz CT molecular complexity index is 446. The Balaban J connectivity index is 0.00000200. The highest BCUT2D eigenvalue weighted by atomic mass is 35.5. The van der Waals surface area contributed by atoms with Crippen LogP contribution >= 0.6 is 23.7 Å². The van der Waals surface area contributed by atoms with E-state index in [1.165, 1.54) is 0 Å². The second-order valence-corrected chi connectivity index (χ2v) is 5.33. The number of alkyl halides is 3. The van der Waals surface area contributed by atoms with Gasteiger partial charge in [-0.25, -0.2) is 4.98 Å². The van der Waals surface area contributed by atoms with E-state index in [0.29, 0.717) is 6.54 Å². The molecule has 9 heteroatoms. The second-order valence-electron chi connectivity index (χ2n) is 4.39. The molecule has 1 saturated heterocycles.